The number of benzene rings is 1. The highest BCUT2D eigenvalue weighted by atomic mass is 16.5. The monoisotopic (exact) mass is 286 g/mol. The third-order valence-corrected chi connectivity index (χ3v) is 4.23. The van der Waals surface area contributed by atoms with E-state index >= 15 is 0 Å². The molecule has 1 aromatic rings. The van der Waals surface area contributed by atoms with Crippen molar-refractivity contribution >= 4 is 6.09 Å². The first-order chi connectivity index (χ1) is 9.95. The SMILES string of the molecule is CC1(C)CCC(C#N)(NC(=O)OCc2ccccc2)CC1. The predicted octanol–water partition coefficient (Wildman–Crippen LogP) is 3.78. The van der Waals surface area contributed by atoms with Gasteiger partial charge in [-0.3, -0.25) is 0 Å². The van der Waals surface area contributed by atoms with Gasteiger partial charge in [-0.25, -0.2) is 4.79 Å². The molecule has 0 atom stereocenters. The molecule has 1 amide bonds. The van der Waals surface area contributed by atoms with Gasteiger partial charge in [-0.15, -0.1) is 0 Å². The highest BCUT2D eigenvalue weighted by Gasteiger charge is 2.40. The lowest BCUT2D eigenvalue weighted by atomic mass is 9.70. The lowest BCUT2D eigenvalue weighted by molar-refractivity contribution is 0.114. The molecule has 1 aliphatic carbocycles. The van der Waals surface area contributed by atoms with Crippen LogP contribution in [0.15, 0.2) is 30.3 Å². The molecule has 0 heterocycles. The van der Waals surface area contributed by atoms with Crippen LogP contribution in [0.1, 0.15) is 45.1 Å². The Labute approximate surface area is 126 Å². The van der Waals surface area contributed by atoms with Gasteiger partial charge in [0.2, 0.25) is 0 Å². The molecule has 1 saturated carbocycles. The molecule has 0 saturated heterocycles. The van der Waals surface area contributed by atoms with E-state index in [4.69, 9.17) is 4.74 Å². The average Bonchev–Trinajstić information content (AvgIpc) is 2.49. The summed E-state index contributed by atoms with van der Waals surface area (Å²) in [6.45, 7) is 4.61. The van der Waals surface area contributed by atoms with Crippen LogP contribution < -0.4 is 5.32 Å². The molecule has 0 aromatic heterocycles. The zero-order valence-electron chi connectivity index (χ0n) is 12.7. The normalized spacial score (nSPS) is 19.3. The summed E-state index contributed by atoms with van der Waals surface area (Å²) in [5, 5.41) is 12.2. The van der Waals surface area contributed by atoms with E-state index < -0.39 is 11.6 Å². The summed E-state index contributed by atoms with van der Waals surface area (Å²) in [4.78, 5) is 11.9. The molecule has 1 aromatic carbocycles. The van der Waals surface area contributed by atoms with E-state index in [1.165, 1.54) is 0 Å². The molecule has 4 nitrogen and oxygen atoms in total. The Kier molecular flexibility index (Phi) is 4.52. The van der Waals surface area contributed by atoms with Crippen molar-refractivity contribution in [3.63, 3.8) is 0 Å². The van der Waals surface area contributed by atoms with Crippen LogP contribution in [0.3, 0.4) is 0 Å². The molecule has 2 rings (SSSR count). The minimum Gasteiger partial charge on any atom is -0.445 e. The number of rotatable bonds is 3. The number of hydrogen-bond acceptors (Lipinski definition) is 3. The van der Waals surface area contributed by atoms with Crippen molar-refractivity contribution in [2.45, 2.75) is 51.7 Å². The second kappa shape index (κ2) is 6.17. The molecular formula is C17H22N2O2. The molecular weight excluding hydrogens is 264 g/mol. The van der Waals surface area contributed by atoms with Gasteiger partial charge >= 0.3 is 6.09 Å². The lowest BCUT2D eigenvalue weighted by Gasteiger charge is -2.39. The van der Waals surface area contributed by atoms with Crippen molar-refractivity contribution in [3.05, 3.63) is 35.9 Å². The molecule has 1 aliphatic rings. The molecule has 112 valence electrons. The fourth-order valence-corrected chi connectivity index (χ4v) is 2.57. The number of amides is 1. The molecule has 1 fully saturated rings. The number of ether oxygens (including phenoxy) is 1. The molecule has 0 spiro atoms. The van der Waals surface area contributed by atoms with Gasteiger partial charge in [-0.2, -0.15) is 5.26 Å². The van der Waals surface area contributed by atoms with Gasteiger partial charge in [-0.05, 0) is 36.7 Å². The van der Waals surface area contributed by atoms with Crippen LogP contribution in [-0.2, 0) is 11.3 Å². The lowest BCUT2D eigenvalue weighted by Crippen LogP contribution is -2.50. The number of carbonyl (C=O) groups is 1. The molecule has 0 unspecified atom stereocenters. The highest BCUT2D eigenvalue weighted by molar-refractivity contribution is 5.69. The maximum atomic E-state index is 11.9. The van der Waals surface area contributed by atoms with Crippen LogP contribution in [0.2, 0.25) is 0 Å². The summed E-state index contributed by atoms with van der Waals surface area (Å²) < 4.78 is 5.21. The first-order valence-electron chi connectivity index (χ1n) is 7.35. The van der Waals surface area contributed by atoms with E-state index in [0.29, 0.717) is 12.8 Å². The summed E-state index contributed by atoms with van der Waals surface area (Å²) in [7, 11) is 0. The summed E-state index contributed by atoms with van der Waals surface area (Å²) >= 11 is 0. The van der Waals surface area contributed by atoms with E-state index in [0.717, 1.165) is 18.4 Å². The zero-order chi connectivity index (χ0) is 15.3. The van der Waals surface area contributed by atoms with E-state index in [2.05, 4.69) is 25.2 Å². The molecule has 0 radical (unpaired) electrons. The first-order valence-corrected chi connectivity index (χ1v) is 7.35. The molecule has 1 N–H and O–H groups in total. The molecule has 0 bridgehead atoms. The Hall–Kier alpha value is -2.02. The first kappa shape index (κ1) is 15.4. The molecule has 0 aliphatic heterocycles. The van der Waals surface area contributed by atoms with Crippen LogP contribution in [0.4, 0.5) is 4.79 Å². The smallest absolute Gasteiger partial charge is 0.408 e. The fourth-order valence-electron chi connectivity index (χ4n) is 2.57. The quantitative estimate of drug-likeness (QED) is 0.919. The Balaban J connectivity index is 1.88. The topological polar surface area (TPSA) is 62.1 Å². The van der Waals surface area contributed by atoms with Gasteiger partial charge in [0.15, 0.2) is 0 Å². The number of carbonyl (C=O) groups excluding carboxylic acids is 1. The standard InChI is InChI=1S/C17H22N2O2/c1-16(2)8-10-17(13-18,11-9-16)19-15(20)21-12-14-6-4-3-5-7-14/h3-7H,8-12H2,1-2H3,(H,19,20). The van der Waals surface area contributed by atoms with Crippen molar-refractivity contribution in [3.8, 4) is 6.07 Å². The molecule has 4 heteroatoms. The Morgan fingerprint density at radius 2 is 1.86 bits per heavy atom. The Morgan fingerprint density at radius 1 is 1.24 bits per heavy atom. The number of nitrogens with one attached hydrogen (secondary N) is 1. The van der Waals surface area contributed by atoms with Crippen molar-refractivity contribution in [2.24, 2.45) is 5.41 Å². The molecule has 21 heavy (non-hydrogen) atoms. The van der Waals surface area contributed by atoms with E-state index in [1.807, 2.05) is 30.3 Å². The van der Waals surface area contributed by atoms with E-state index in [-0.39, 0.29) is 12.0 Å². The third kappa shape index (κ3) is 4.22. The Bertz CT molecular complexity index is 521. The van der Waals surface area contributed by atoms with Gasteiger partial charge < -0.3 is 10.1 Å². The van der Waals surface area contributed by atoms with E-state index in [1.54, 1.807) is 0 Å². The van der Waals surface area contributed by atoms with Crippen LogP contribution in [0.5, 0.6) is 0 Å². The zero-order valence-corrected chi connectivity index (χ0v) is 12.7. The largest absolute Gasteiger partial charge is 0.445 e. The third-order valence-electron chi connectivity index (χ3n) is 4.23. The van der Waals surface area contributed by atoms with Crippen molar-refractivity contribution in [2.75, 3.05) is 0 Å². The van der Waals surface area contributed by atoms with Gasteiger partial charge in [0, 0.05) is 0 Å². The fraction of sp³-hybridized carbons (Fsp3) is 0.529. The van der Waals surface area contributed by atoms with Gasteiger partial charge in [0.25, 0.3) is 0 Å². The van der Waals surface area contributed by atoms with Gasteiger partial charge in [0.1, 0.15) is 12.1 Å². The summed E-state index contributed by atoms with van der Waals surface area (Å²) in [6, 6.07) is 11.8. The maximum absolute atomic E-state index is 11.9. The van der Waals surface area contributed by atoms with Gasteiger partial charge in [-0.1, -0.05) is 44.2 Å². The van der Waals surface area contributed by atoms with Crippen LogP contribution in [0.25, 0.3) is 0 Å². The second-order valence-electron chi connectivity index (χ2n) is 6.54. The van der Waals surface area contributed by atoms with Crippen LogP contribution in [-0.4, -0.2) is 11.6 Å². The average molecular weight is 286 g/mol. The van der Waals surface area contributed by atoms with Crippen molar-refractivity contribution in [1.82, 2.24) is 5.32 Å². The highest BCUT2D eigenvalue weighted by Crippen LogP contribution is 2.39. The van der Waals surface area contributed by atoms with Crippen molar-refractivity contribution in [1.29, 1.82) is 5.26 Å². The number of nitriles is 1. The summed E-state index contributed by atoms with van der Waals surface area (Å²) in [5.41, 5.74) is 0.405. The van der Waals surface area contributed by atoms with Crippen molar-refractivity contribution < 1.29 is 9.53 Å². The number of nitrogens with zero attached hydrogens (tertiary/aromatic N) is 1. The van der Waals surface area contributed by atoms with Crippen LogP contribution >= 0.6 is 0 Å². The van der Waals surface area contributed by atoms with Crippen LogP contribution in [0, 0.1) is 16.7 Å². The maximum Gasteiger partial charge on any atom is 0.408 e. The summed E-state index contributed by atoms with van der Waals surface area (Å²) in [5.74, 6) is 0. The minimum atomic E-state index is -0.775. The number of alkyl carbamates (subject to hydrolysis) is 1. The van der Waals surface area contributed by atoms with E-state index in [9.17, 15) is 10.1 Å². The predicted molar refractivity (Wildman–Crippen MR) is 80.4 cm³/mol. The Morgan fingerprint density at radius 3 is 2.43 bits per heavy atom. The number of hydrogen-bond donors (Lipinski definition) is 1. The second-order valence-corrected chi connectivity index (χ2v) is 6.54. The van der Waals surface area contributed by atoms with Gasteiger partial charge in [0.05, 0.1) is 6.07 Å². The minimum absolute atomic E-state index is 0.222. The summed E-state index contributed by atoms with van der Waals surface area (Å²) in [6.07, 6.45) is 2.70.